The highest BCUT2D eigenvalue weighted by Crippen LogP contribution is 2.29. The van der Waals surface area contributed by atoms with Gasteiger partial charge in [-0.1, -0.05) is 0 Å². The first-order valence-electron chi connectivity index (χ1n) is 9.39. The Labute approximate surface area is 157 Å². The van der Waals surface area contributed by atoms with Gasteiger partial charge in [0.05, 0.1) is 11.9 Å². The molecule has 138 valence electrons. The minimum Gasteiger partial charge on any atom is -0.381 e. The van der Waals surface area contributed by atoms with Gasteiger partial charge in [0.1, 0.15) is 5.52 Å². The number of likely N-dealkylation sites (tertiary alicyclic amines) is 1. The van der Waals surface area contributed by atoms with E-state index in [0.717, 1.165) is 50.3 Å². The number of rotatable bonds is 3. The predicted octanol–water partition coefficient (Wildman–Crippen LogP) is 2.42. The van der Waals surface area contributed by atoms with E-state index in [-0.39, 0.29) is 5.91 Å². The molecular formula is C20H21N5O2. The summed E-state index contributed by atoms with van der Waals surface area (Å²) < 4.78 is 7.56. The van der Waals surface area contributed by atoms with E-state index in [0.29, 0.717) is 17.5 Å². The maximum Gasteiger partial charge on any atom is 0.255 e. The zero-order valence-corrected chi connectivity index (χ0v) is 15.0. The van der Waals surface area contributed by atoms with E-state index in [9.17, 15) is 4.79 Å². The molecule has 1 amide bonds. The Kier molecular flexibility index (Phi) is 4.09. The summed E-state index contributed by atoms with van der Waals surface area (Å²) in [6, 6.07) is 6.26. The van der Waals surface area contributed by atoms with E-state index < -0.39 is 0 Å². The molecule has 0 unspecified atom stereocenters. The van der Waals surface area contributed by atoms with Crippen molar-refractivity contribution in [1.29, 1.82) is 0 Å². The van der Waals surface area contributed by atoms with Crippen molar-refractivity contribution in [2.75, 3.05) is 26.3 Å². The van der Waals surface area contributed by atoms with Gasteiger partial charge in [0.2, 0.25) is 0 Å². The largest absolute Gasteiger partial charge is 0.381 e. The van der Waals surface area contributed by atoms with Gasteiger partial charge in [-0.15, -0.1) is 0 Å². The van der Waals surface area contributed by atoms with Crippen LogP contribution in [0, 0.1) is 0 Å². The molecule has 0 radical (unpaired) electrons. The molecule has 5 heterocycles. The van der Waals surface area contributed by atoms with Gasteiger partial charge in [0.15, 0.2) is 5.65 Å². The van der Waals surface area contributed by atoms with Crippen molar-refractivity contribution < 1.29 is 9.53 Å². The van der Waals surface area contributed by atoms with Gasteiger partial charge in [0.25, 0.3) is 5.91 Å². The lowest BCUT2D eigenvalue weighted by Gasteiger charge is -2.39. The first-order valence-corrected chi connectivity index (χ1v) is 9.39. The van der Waals surface area contributed by atoms with Crippen molar-refractivity contribution in [1.82, 2.24) is 24.4 Å². The second-order valence-corrected chi connectivity index (χ2v) is 7.25. The Morgan fingerprint density at radius 2 is 1.89 bits per heavy atom. The number of aromatic nitrogens is 4. The Hall–Kier alpha value is -2.80. The van der Waals surface area contributed by atoms with Crippen LogP contribution in [0.3, 0.4) is 0 Å². The molecule has 5 rings (SSSR count). The van der Waals surface area contributed by atoms with E-state index in [2.05, 4.69) is 19.5 Å². The van der Waals surface area contributed by atoms with Gasteiger partial charge >= 0.3 is 0 Å². The Morgan fingerprint density at radius 1 is 1.11 bits per heavy atom. The Bertz CT molecular complexity index is 959. The van der Waals surface area contributed by atoms with Crippen LogP contribution in [0.5, 0.6) is 0 Å². The third-order valence-electron chi connectivity index (χ3n) is 5.59. The van der Waals surface area contributed by atoms with Crippen molar-refractivity contribution in [3.63, 3.8) is 0 Å². The van der Waals surface area contributed by atoms with Gasteiger partial charge in [-0.2, -0.15) is 0 Å². The van der Waals surface area contributed by atoms with Crippen molar-refractivity contribution in [3.05, 3.63) is 54.2 Å². The molecule has 7 heteroatoms. The average Bonchev–Trinajstić information content (AvgIpc) is 3.11. The number of carbonyl (C=O) groups excluding carboxylic acids is 1. The first-order chi connectivity index (χ1) is 13.3. The third-order valence-corrected chi connectivity index (χ3v) is 5.59. The number of ether oxygens (including phenoxy) is 1. The highest BCUT2D eigenvalue weighted by atomic mass is 16.5. The second kappa shape index (κ2) is 6.74. The summed E-state index contributed by atoms with van der Waals surface area (Å²) in [7, 11) is 0. The first kappa shape index (κ1) is 16.4. The fourth-order valence-corrected chi connectivity index (χ4v) is 3.94. The van der Waals surface area contributed by atoms with Crippen LogP contribution in [0.1, 0.15) is 40.7 Å². The van der Waals surface area contributed by atoms with Gasteiger partial charge in [-0.05, 0) is 36.6 Å². The lowest BCUT2D eigenvalue weighted by molar-refractivity contribution is 0.0602. The summed E-state index contributed by atoms with van der Waals surface area (Å²) in [6.45, 7) is 3.01. The minimum absolute atomic E-state index is 0.0234. The van der Waals surface area contributed by atoms with E-state index in [1.165, 1.54) is 5.56 Å². The van der Waals surface area contributed by atoms with Crippen LogP contribution >= 0.6 is 0 Å². The standard InChI is InChI=1S/C20H21N5O2/c26-20(24-11-16(12-24)14-1-5-21-6-2-14)15-9-18-19(22-10-15)25(13-23-18)17-3-7-27-8-4-17/h1-2,5-6,9-10,13,16-17H,3-4,7-8,11-12H2. The molecule has 3 aromatic rings. The molecule has 2 fully saturated rings. The molecule has 27 heavy (non-hydrogen) atoms. The number of carbonyl (C=O) groups is 1. The van der Waals surface area contributed by atoms with Crippen LogP contribution < -0.4 is 0 Å². The summed E-state index contributed by atoms with van der Waals surface area (Å²) >= 11 is 0. The van der Waals surface area contributed by atoms with E-state index in [4.69, 9.17) is 4.74 Å². The topological polar surface area (TPSA) is 73.1 Å². The molecule has 7 nitrogen and oxygen atoms in total. The number of hydrogen-bond donors (Lipinski definition) is 0. The van der Waals surface area contributed by atoms with Crippen LogP contribution in [0.4, 0.5) is 0 Å². The number of amides is 1. The zero-order chi connectivity index (χ0) is 18.2. The van der Waals surface area contributed by atoms with Crippen molar-refractivity contribution in [2.45, 2.75) is 24.8 Å². The van der Waals surface area contributed by atoms with E-state index in [1.54, 1.807) is 18.6 Å². The average molecular weight is 363 g/mol. The SMILES string of the molecule is O=C(c1cnc2c(c1)ncn2C1CCOCC1)N1CC(c2ccncc2)C1. The Balaban J connectivity index is 1.31. The molecule has 0 aliphatic carbocycles. The van der Waals surface area contributed by atoms with Crippen LogP contribution in [-0.2, 0) is 4.74 Å². The van der Waals surface area contributed by atoms with Crippen molar-refractivity contribution in [2.24, 2.45) is 0 Å². The van der Waals surface area contributed by atoms with Crippen LogP contribution in [-0.4, -0.2) is 56.6 Å². The number of imidazole rings is 1. The maximum absolute atomic E-state index is 12.8. The molecule has 2 aliphatic heterocycles. The minimum atomic E-state index is 0.0234. The molecule has 3 aromatic heterocycles. The van der Waals surface area contributed by atoms with E-state index >= 15 is 0 Å². The van der Waals surface area contributed by atoms with Gasteiger partial charge in [-0.25, -0.2) is 9.97 Å². The molecule has 0 atom stereocenters. The highest BCUT2D eigenvalue weighted by Gasteiger charge is 2.32. The summed E-state index contributed by atoms with van der Waals surface area (Å²) in [5, 5.41) is 0. The molecule has 0 aromatic carbocycles. The maximum atomic E-state index is 12.8. The molecule has 2 aliphatic rings. The monoisotopic (exact) mass is 363 g/mol. The molecule has 0 saturated carbocycles. The highest BCUT2D eigenvalue weighted by molar-refractivity contribution is 5.97. The molecule has 0 spiro atoms. The summed E-state index contributed by atoms with van der Waals surface area (Å²) in [5.41, 5.74) is 3.46. The quantitative estimate of drug-likeness (QED) is 0.714. The van der Waals surface area contributed by atoms with Crippen LogP contribution in [0.25, 0.3) is 11.2 Å². The van der Waals surface area contributed by atoms with Crippen LogP contribution in [0.15, 0.2) is 43.1 Å². The normalized spacial score (nSPS) is 18.6. The molecule has 0 N–H and O–H groups in total. The fourth-order valence-electron chi connectivity index (χ4n) is 3.94. The lowest BCUT2D eigenvalue weighted by atomic mass is 9.92. The second-order valence-electron chi connectivity index (χ2n) is 7.25. The van der Waals surface area contributed by atoms with Gasteiger partial charge in [0, 0.05) is 56.9 Å². The summed E-state index contributed by atoms with van der Waals surface area (Å²) in [4.78, 5) is 27.7. The zero-order valence-electron chi connectivity index (χ0n) is 15.0. The fraction of sp³-hybridized carbons (Fsp3) is 0.400. The molecule has 0 bridgehead atoms. The predicted molar refractivity (Wildman–Crippen MR) is 99.5 cm³/mol. The van der Waals surface area contributed by atoms with Gasteiger partial charge < -0.3 is 14.2 Å². The smallest absolute Gasteiger partial charge is 0.255 e. The van der Waals surface area contributed by atoms with Crippen LogP contribution in [0.2, 0.25) is 0 Å². The van der Waals surface area contributed by atoms with Crippen molar-refractivity contribution >= 4 is 17.1 Å². The number of hydrogen-bond acceptors (Lipinski definition) is 5. The molecular weight excluding hydrogens is 342 g/mol. The number of nitrogens with zero attached hydrogens (tertiary/aromatic N) is 5. The summed E-state index contributed by atoms with van der Waals surface area (Å²) in [6.07, 6.45) is 9.06. The van der Waals surface area contributed by atoms with Crippen molar-refractivity contribution in [3.8, 4) is 0 Å². The van der Waals surface area contributed by atoms with Gasteiger partial charge in [-0.3, -0.25) is 9.78 Å². The third kappa shape index (κ3) is 2.98. The number of fused-ring (bicyclic) bond motifs is 1. The number of pyridine rings is 2. The summed E-state index contributed by atoms with van der Waals surface area (Å²) in [5.74, 6) is 0.414. The van der Waals surface area contributed by atoms with E-state index in [1.807, 2.05) is 29.4 Å². The lowest BCUT2D eigenvalue weighted by Crippen LogP contribution is -2.48. The Morgan fingerprint density at radius 3 is 2.67 bits per heavy atom. The molecule has 2 saturated heterocycles.